The number of alkyl halides is 3. The van der Waals surface area contributed by atoms with Crippen molar-refractivity contribution in [2.45, 2.75) is 63.0 Å². The number of likely N-dealkylation sites (tertiary alicyclic amines) is 2. The van der Waals surface area contributed by atoms with Gasteiger partial charge in [0.05, 0.1) is 16.3 Å². The average molecular weight is 650 g/mol. The summed E-state index contributed by atoms with van der Waals surface area (Å²) < 4.78 is 41.1. The van der Waals surface area contributed by atoms with Crippen LogP contribution in [0.1, 0.15) is 42.4 Å². The average Bonchev–Trinajstić information content (AvgIpc) is 3.01. The Hall–Kier alpha value is -3.71. The zero-order valence-electron chi connectivity index (χ0n) is 25.4. The maximum atomic E-state index is 13.8. The van der Waals surface area contributed by atoms with E-state index in [-0.39, 0.29) is 35.0 Å². The molecule has 0 aliphatic carbocycles. The van der Waals surface area contributed by atoms with Crippen molar-refractivity contribution < 1.29 is 27.6 Å². The lowest BCUT2D eigenvalue weighted by Gasteiger charge is -2.41. The van der Waals surface area contributed by atoms with Crippen LogP contribution in [0.2, 0.25) is 5.02 Å². The lowest BCUT2D eigenvalue weighted by Crippen LogP contribution is -2.57. The summed E-state index contributed by atoms with van der Waals surface area (Å²) in [5, 5.41) is 5.47. The van der Waals surface area contributed by atoms with E-state index in [0.717, 1.165) is 30.2 Å². The Balaban J connectivity index is 1.28. The number of urea groups is 2. The molecule has 5 amide bonds. The number of fused-ring (bicyclic) bond motifs is 1. The van der Waals surface area contributed by atoms with Crippen molar-refractivity contribution >= 4 is 40.9 Å². The highest BCUT2D eigenvalue weighted by Crippen LogP contribution is 2.38. The number of benzene rings is 2. The van der Waals surface area contributed by atoms with Crippen LogP contribution in [0.5, 0.6) is 0 Å². The number of hydrogen-bond acceptors (Lipinski definition) is 5. The van der Waals surface area contributed by atoms with E-state index in [1.54, 1.807) is 14.7 Å². The van der Waals surface area contributed by atoms with Crippen LogP contribution in [0, 0.1) is 0 Å². The maximum Gasteiger partial charge on any atom is 0.418 e. The highest BCUT2D eigenvalue weighted by Gasteiger charge is 2.37. The number of para-hydroxylation sites is 1. The summed E-state index contributed by atoms with van der Waals surface area (Å²) in [5.41, 5.74) is 5.90. The van der Waals surface area contributed by atoms with Gasteiger partial charge in [0.1, 0.15) is 6.04 Å². The van der Waals surface area contributed by atoms with E-state index >= 15 is 0 Å². The molecule has 10 nitrogen and oxygen atoms in total. The topological polar surface area (TPSA) is 114 Å². The summed E-state index contributed by atoms with van der Waals surface area (Å²) in [6.07, 6.45) is -2.35. The van der Waals surface area contributed by atoms with Crippen LogP contribution < -0.4 is 16.4 Å². The molecule has 244 valence electrons. The van der Waals surface area contributed by atoms with E-state index < -0.39 is 29.5 Å². The van der Waals surface area contributed by atoms with Crippen LogP contribution >= 0.6 is 11.6 Å². The number of nitrogens with two attached hydrogens (primary N) is 1. The number of anilines is 2. The summed E-state index contributed by atoms with van der Waals surface area (Å²) in [4.78, 5) is 47.2. The standard InChI is InChI=1S/C31H39ClF3N7O3/c1-39(2)21-7-11-40(12-8-21)28(43)26(17-19-15-23(31(33,34)35)27(36)24(32)16-19)38-29(44)41-13-9-22(10-14-41)42-18-20-5-3-4-6-25(20)37-30(42)45/h3-6,15-16,21-22,26H,7-14,17-18,36H2,1-2H3,(H,37,45)(H,38,44)/t26-/m1/s1. The zero-order chi connectivity index (χ0) is 32.5. The number of carbonyl (C=O) groups is 3. The number of nitrogens with zero attached hydrogens (tertiary/aromatic N) is 4. The van der Waals surface area contributed by atoms with Gasteiger partial charge in [0.25, 0.3) is 0 Å². The third kappa shape index (κ3) is 7.41. The Morgan fingerprint density at radius 3 is 2.36 bits per heavy atom. The van der Waals surface area contributed by atoms with E-state index in [1.165, 1.54) is 6.07 Å². The second-order valence-corrected chi connectivity index (χ2v) is 12.6. The van der Waals surface area contributed by atoms with Gasteiger partial charge in [-0.1, -0.05) is 29.8 Å². The van der Waals surface area contributed by atoms with E-state index in [9.17, 15) is 27.6 Å². The molecule has 14 heteroatoms. The third-order valence-corrected chi connectivity index (χ3v) is 9.40. The molecule has 0 aromatic heterocycles. The maximum absolute atomic E-state index is 13.8. The van der Waals surface area contributed by atoms with Gasteiger partial charge in [0.2, 0.25) is 5.91 Å². The van der Waals surface area contributed by atoms with Crippen molar-refractivity contribution in [3.05, 3.63) is 58.1 Å². The summed E-state index contributed by atoms with van der Waals surface area (Å²) in [7, 11) is 3.96. The molecule has 2 saturated heterocycles. The Bertz CT molecular complexity index is 1420. The molecule has 0 spiro atoms. The number of halogens is 4. The number of hydrogen-bond donors (Lipinski definition) is 3. The fraction of sp³-hybridized carbons (Fsp3) is 0.516. The largest absolute Gasteiger partial charge is 0.418 e. The number of nitrogen functional groups attached to an aromatic ring is 1. The van der Waals surface area contributed by atoms with E-state index in [4.69, 9.17) is 17.3 Å². The molecule has 0 saturated carbocycles. The normalized spacial score (nSPS) is 18.9. The van der Waals surface area contributed by atoms with Gasteiger partial charge in [-0.2, -0.15) is 13.2 Å². The monoisotopic (exact) mass is 649 g/mol. The first-order valence-electron chi connectivity index (χ1n) is 15.1. The van der Waals surface area contributed by atoms with Crippen molar-refractivity contribution in [2.75, 3.05) is 51.3 Å². The van der Waals surface area contributed by atoms with Crippen molar-refractivity contribution in [3.8, 4) is 0 Å². The first kappa shape index (κ1) is 32.7. The Morgan fingerprint density at radius 2 is 1.71 bits per heavy atom. The summed E-state index contributed by atoms with van der Waals surface area (Å²) in [6, 6.07) is 8.28. The summed E-state index contributed by atoms with van der Waals surface area (Å²) >= 11 is 6.07. The molecule has 0 unspecified atom stereocenters. The number of rotatable bonds is 6. The molecule has 3 heterocycles. The molecule has 4 N–H and O–H groups in total. The van der Waals surface area contributed by atoms with Gasteiger partial charge < -0.3 is 36.0 Å². The lowest BCUT2D eigenvalue weighted by atomic mass is 9.98. The number of piperidine rings is 2. The molecule has 45 heavy (non-hydrogen) atoms. The van der Waals surface area contributed by atoms with Crippen LogP contribution in [-0.4, -0.2) is 96.0 Å². The second-order valence-electron chi connectivity index (χ2n) is 12.2. The highest BCUT2D eigenvalue weighted by molar-refractivity contribution is 6.33. The minimum Gasteiger partial charge on any atom is -0.397 e. The first-order valence-corrected chi connectivity index (χ1v) is 15.5. The SMILES string of the molecule is CN(C)C1CCN(C(=O)[C@@H](Cc2cc(Cl)c(N)c(C(F)(F)F)c2)NC(=O)N2CCC(N3Cc4ccccc4NC3=O)CC2)CC1. The van der Waals surface area contributed by atoms with E-state index in [1.807, 2.05) is 38.4 Å². The van der Waals surface area contributed by atoms with Gasteiger partial charge in [-0.3, -0.25) is 4.79 Å². The smallest absolute Gasteiger partial charge is 0.397 e. The Labute approximate surface area is 265 Å². The van der Waals surface area contributed by atoms with E-state index in [2.05, 4.69) is 15.5 Å². The number of amides is 5. The molecule has 2 fully saturated rings. The quantitative estimate of drug-likeness (QED) is 0.395. The van der Waals surface area contributed by atoms with Crippen LogP contribution in [0.3, 0.4) is 0 Å². The lowest BCUT2D eigenvalue weighted by molar-refractivity contribution is -0.137. The van der Waals surface area contributed by atoms with Crippen molar-refractivity contribution in [1.29, 1.82) is 0 Å². The van der Waals surface area contributed by atoms with Crippen molar-refractivity contribution in [1.82, 2.24) is 24.9 Å². The van der Waals surface area contributed by atoms with Gasteiger partial charge >= 0.3 is 18.2 Å². The minimum atomic E-state index is -4.74. The predicted molar refractivity (Wildman–Crippen MR) is 166 cm³/mol. The van der Waals surface area contributed by atoms with Gasteiger partial charge in [0.15, 0.2) is 0 Å². The molecular weight excluding hydrogens is 611 g/mol. The molecule has 3 aliphatic heterocycles. The molecule has 0 bridgehead atoms. The summed E-state index contributed by atoms with van der Waals surface area (Å²) in [6.45, 7) is 2.11. The first-order chi connectivity index (χ1) is 21.3. The fourth-order valence-electron chi connectivity index (χ4n) is 6.42. The molecule has 2 aromatic rings. The van der Waals surface area contributed by atoms with Crippen LogP contribution in [0.25, 0.3) is 0 Å². The van der Waals surface area contributed by atoms with E-state index in [0.29, 0.717) is 51.6 Å². The van der Waals surface area contributed by atoms with Crippen LogP contribution in [0.4, 0.5) is 34.1 Å². The van der Waals surface area contributed by atoms with Crippen LogP contribution in [-0.2, 0) is 23.9 Å². The minimum absolute atomic E-state index is 0.0736. The van der Waals surface area contributed by atoms with Crippen molar-refractivity contribution in [2.24, 2.45) is 0 Å². The van der Waals surface area contributed by atoms with Gasteiger partial charge in [0, 0.05) is 56.9 Å². The van der Waals surface area contributed by atoms with Crippen molar-refractivity contribution in [3.63, 3.8) is 0 Å². The molecular formula is C31H39ClF3N7O3. The van der Waals surface area contributed by atoms with Gasteiger partial charge in [-0.15, -0.1) is 0 Å². The number of nitrogens with one attached hydrogen (secondary N) is 2. The Morgan fingerprint density at radius 1 is 1.07 bits per heavy atom. The van der Waals surface area contributed by atoms with Gasteiger partial charge in [-0.25, -0.2) is 9.59 Å². The number of carbonyl (C=O) groups excluding carboxylic acids is 3. The molecule has 1 atom stereocenters. The zero-order valence-corrected chi connectivity index (χ0v) is 26.1. The third-order valence-electron chi connectivity index (χ3n) is 9.09. The predicted octanol–water partition coefficient (Wildman–Crippen LogP) is 4.63. The second kappa shape index (κ2) is 13.3. The fourth-order valence-corrected chi connectivity index (χ4v) is 6.67. The van der Waals surface area contributed by atoms with Gasteiger partial charge in [-0.05, 0) is 69.1 Å². The highest BCUT2D eigenvalue weighted by atomic mass is 35.5. The molecule has 3 aliphatic rings. The Kier molecular flexibility index (Phi) is 9.68. The molecule has 5 rings (SSSR count). The molecule has 2 aromatic carbocycles. The molecule has 0 radical (unpaired) electrons. The van der Waals surface area contributed by atoms with Crippen LogP contribution in [0.15, 0.2) is 36.4 Å². The summed E-state index contributed by atoms with van der Waals surface area (Å²) in [5.74, 6) is -0.361.